The Bertz CT molecular complexity index is 488. The smallest absolute Gasteiger partial charge is 0.156 e. The molecule has 3 heterocycles. The van der Waals surface area contributed by atoms with Crippen molar-refractivity contribution < 1.29 is 0 Å². The van der Waals surface area contributed by atoms with Gasteiger partial charge in [-0.2, -0.15) is 0 Å². The molecule has 0 amide bonds. The van der Waals surface area contributed by atoms with Crippen molar-refractivity contribution in [2.24, 2.45) is 0 Å². The third-order valence-electron chi connectivity index (χ3n) is 2.99. The molecule has 1 aliphatic heterocycles. The third kappa shape index (κ3) is 0.828. The van der Waals surface area contributed by atoms with Crippen LogP contribution >= 0.6 is 0 Å². The number of likely N-dealkylation sites (N-methyl/N-ethyl adjacent to an activating group) is 1. The van der Waals surface area contributed by atoms with Crippen LogP contribution < -0.4 is 4.90 Å². The molecule has 0 saturated heterocycles. The van der Waals surface area contributed by atoms with Crippen molar-refractivity contribution in [2.45, 2.75) is 19.5 Å². The molecule has 0 N–H and O–H groups in total. The topological polar surface area (TPSA) is 34.0 Å². The predicted molar refractivity (Wildman–Crippen MR) is 55.4 cm³/mol. The van der Waals surface area contributed by atoms with Crippen LogP contribution in [-0.4, -0.2) is 27.6 Å². The normalized spacial score (nSPS) is 20.4. The van der Waals surface area contributed by atoms with Crippen LogP contribution in [0, 0.1) is 0 Å². The largest absolute Gasteiger partial charge is 0.353 e. The van der Waals surface area contributed by atoms with E-state index in [-0.39, 0.29) is 0 Å². The fraction of sp³-hybridized carbons (Fsp3) is 0.400. The standard InChI is InChI=1S/C10H12N4/c1-7-5-14-4-3-8-9(14)10(13(7)2)12-6-11-8/h3-4,6-7H,5H2,1-2H3/t7-/m1/s1. The van der Waals surface area contributed by atoms with Crippen LogP contribution in [0.4, 0.5) is 5.82 Å². The summed E-state index contributed by atoms with van der Waals surface area (Å²) in [7, 11) is 2.09. The molecule has 0 radical (unpaired) electrons. The minimum atomic E-state index is 0.494. The van der Waals surface area contributed by atoms with Crippen molar-refractivity contribution in [1.29, 1.82) is 0 Å². The molecule has 72 valence electrons. The van der Waals surface area contributed by atoms with Gasteiger partial charge >= 0.3 is 0 Å². The molecule has 1 atom stereocenters. The van der Waals surface area contributed by atoms with Gasteiger partial charge in [-0.05, 0) is 13.0 Å². The number of nitrogens with zero attached hydrogens (tertiary/aromatic N) is 4. The average molecular weight is 188 g/mol. The fourth-order valence-electron chi connectivity index (χ4n) is 2.04. The van der Waals surface area contributed by atoms with Crippen LogP contribution in [0.2, 0.25) is 0 Å². The lowest BCUT2D eigenvalue weighted by atomic mass is 10.2. The van der Waals surface area contributed by atoms with Gasteiger partial charge < -0.3 is 9.47 Å². The molecule has 0 bridgehead atoms. The van der Waals surface area contributed by atoms with E-state index in [1.807, 2.05) is 6.07 Å². The van der Waals surface area contributed by atoms with Gasteiger partial charge in [0.05, 0.1) is 5.52 Å². The highest BCUT2D eigenvalue weighted by atomic mass is 15.3. The zero-order chi connectivity index (χ0) is 9.71. The average Bonchev–Trinajstić information content (AvgIpc) is 2.59. The molecule has 0 spiro atoms. The molecule has 0 aliphatic carbocycles. The molecule has 0 aromatic carbocycles. The minimum absolute atomic E-state index is 0.494. The maximum Gasteiger partial charge on any atom is 0.156 e. The molecular formula is C10H12N4. The molecular weight excluding hydrogens is 176 g/mol. The van der Waals surface area contributed by atoms with Gasteiger partial charge in [0, 0.05) is 25.8 Å². The Morgan fingerprint density at radius 1 is 1.43 bits per heavy atom. The number of anilines is 1. The Balaban J connectivity index is 2.39. The van der Waals surface area contributed by atoms with E-state index >= 15 is 0 Å². The molecule has 0 saturated carbocycles. The van der Waals surface area contributed by atoms with Gasteiger partial charge in [-0.3, -0.25) is 0 Å². The van der Waals surface area contributed by atoms with Crippen LogP contribution in [0.3, 0.4) is 0 Å². The molecule has 3 rings (SSSR count). The summed E-state index contributed by atoms with van der Waals surface area (Å²) in [5.41, 5.74) is 2.20. The zero-order valence-corrected chi connectivity index (χ0v) is 8.31. The lowest BCUT2D eigenvalue weighted by molar-refractivity contribution is 0.553. The number of rotatable bonds is 0. The lowest BCUT2D eigenvalue weighted by Crippen LogP contribution is -2.36. The zero-order valence-electron chi connectivity index (χ0n) is 8.31. The molecule has 0 fully saturated rings. The van der Waals surface area contributed by atoms with E-state index < -0.39 is 0 Å². The summed E-state index contributed by atoms with van der Waals surface area (Å²) in [5, 5.41) is 0. The SMILES string of the molecule is C[C@@H]1Cn2ccc3ncnc(c32)N1C. The van der Waals surface area contributed by atoms with Crippen molar-refractivity contribution >= 4 is 16.9 Å². The molecule has 1 aliphatic rings. The third-order valence-corrected chi connectivity index (χ3v) is 2.99. The Morgan fingerprint density at radius 3 is 3.14 bits per heavy atom. The van der Waals surface area contributed by atoms with E-state index in [1.165, 1.54) is 0 Å². The lowest BCUT2D eigenvalue weighted by Gasteiger charge is -2.31. The first-order valence-electron chi connectivity index (χ1n) is 4.80. The molecule has 4 nitrogen and oxygen atoms in total. The Kier molecular flexibility index (Phi) is 1.37. The van der Waals surface area contributed by atoms with Crippen LogP contribution in [0.15, 0.2) is 18.6 Å². The van der Waals surface area contributed by atoms with Crippen molar-refractivity contribution in [3.63, 3.8) is 0 Å². The maximum atomic E-state index is 4.34. The summed E-state index contributed by atoms with van der Waals surface area (Å²) in [6, 6.07) is 2.54. The second-order valence-corrected chi connectivity index (χ2v) is 3.86. The van der Waals surface area contributed by atoms with Gasteiger partial charge in [-0.1, -0.05) is 0 Å². The van der Waals surface area contributed by atoms with E-state index in [1.54, 1.807) is 6.33 Å². The van der Waals surface area contributed by atoms with Crippen molar-refractivity contribution in [2.75, 3.05) is 11.9 Å². The Hall–Kier alpha value is -1.58. The van der Waals surface area contributed by atoms with Crippen LogP contribution in [0.5, 0.6) is 0 Å². The summed E-state index contributed by atoms with van der Waals surface area (Å²) in [6.07, 6.45) is 3.73. The molecule has 2 aromatic heterocycles. The van der Waals surface area contributed by atoms with E-state index in [4.69, 9.17) is 0 Å². The summed E-state index contributed by atoms with van der Waals surface area (Å²) in [6.45, 7) is 3.22. The first kappa shape index (κ1) is 7.79. The Labute approximate surface area is 82.2 Å². The van der Waals surface area contributed by atoms with E-state index in [2.05, 4.69) is 39.6 Å². The summed E-state index contributed by atoms with van der Waals surface area (Å²) < 4.78 is 2.23. The highest BCUT2D eigenvalue weighted by Crippen LogP contribution is 2.28. The number of hydrogen-bond acceptors (Lipinski definition) is 3. The van der Waals surface area contributed by atoms with Gasteiger partial charge in [0.15, 0.2) is 5.82 Å². The second-order valence-electron chi connectivity index (χ2n) is 3.86. The number of aromatic nitrogens is 3. The van der Waals surface area contributed by atoms with Crippen LogP contribution in [0.25, 0.3) is 11.0 Å². The van der Waals surface area contributed by atoms with Gasteiger partial charge in [-0.25, -0.2) is 9.97 Å². The minimum Gasteiger partial charge on any atom is -0.353 e. The highest BCUT2D eigenvalue weighted by molar-refractivity contribution is 5.87. The Morgan fingerprint density at radius 2 is 2.29 bits per heavy atom. The molecule has 2 aromatic rings. The van der Waals surface area contributed by atoms with Gasteiger partial charge in [0.1, 0.15) is 11.8 Å². The molecule has 0 unspecified atom stereocenters. The van der Waals surface area contributed by atoms with Crippen molar-refractivity contribution in [1.82, 2.24) is 14.5 Å². The van der Waals surface area contributed by atoms with Crippen molar-refractivity contribution in [3.05, 3.63) is 18.6 Å². The van der Waals surface area contributed by atoms with Gasteiger partial charge in [0.2, 0.25) is 0 Å². The van der Waals surface area contributed by atoms with E-state index in [9.17, 15) is 0 Å². The van der Waals surface area contributed by atoms with Gasteiger partial charge in [0.25, 0.3) is 0 Å². The van der Waals surface area contributed by atoms with E-state index in [0.29, 0.717) is 6.04 Å². The first-order chi connectivity index (χ1) is 6.77. The molecule has 14 heavy (non-hydrogen) atoms. The monoisotopic (exact) mass is 188 g/mol. The number of hydrogen-bond donors (Lipinski definition) is 0. The fourth-order valence-corrected chi connectivity index (χ4v) is 2.04. The summed E-state index contributed by atoms with van der Waals surface area (Å²) in [4.78, 5) is 10.8. The van der Waals surface area contributed by atoms with Crippen molar-refractivity contribution in [3.8, 4) is 0 Å². The summed E-state index contributed by atoms with van der Waals surface area (Å²) in [5.74, 6) is 1.04. The van der Waals surface area contributed by atoms with Crippen LogP contribution in [0.1, 0.15) is 6.92 Å². The van der Waals surface area contributed by atoms with Crippen LogP contribution in [-0.2, 0) is 6.54 Å². The maximum absolute atomic E-state index is 4.34. The van der Waals surface area contributed by atoms with Gasteiger partial charge in [-0.15, -0.1) is 0 Å². The second kappa shape index (κ2) is 2.47. The highest BCUT2D eigenvalue weighted by Gasteiger charge is 2.22. The van der Waals surface area contributed by atoms with E-state index in [0.717, 1.165) is 23.4 Å². The first-order valence-corrected chi connectivity index (χ1v) is 4.80. The summed E-state index contributed by atoms with van der Waals surface area (Å²) >= 11 is 0. The predicted octanol–water partition coefficient (Wildman–Crippen LogP) is 1.27. The molecule has 4 heteroatoms. The quantitative estimate of drug-likeness (QED) is 0.624.